The summed E-state index contributed by atoms with van der Waals surface area (Å²) in [6.07, 6.45) is 2.01. The second-order valence-electron chi connectivity index (χ2n) is 5.39. The van der Waals surface area contributed by atoms with E-state index in [2.05, 4.69) is 44.5 Å². The van der Waals surface area contributed by atoms with Crippen LogP contribution in [0.3, 0.4) is 0 Å². The Balaban J connectivity index is 2.55. The van der Waals surface area contributed by atoms with Crippen molar-refractivity contribution in [3.8, 4) is 0 Å². The van der Waals surface area contributed by atoms with Crippen LogP contribution in [0, 0.1) is 0 Å². The van der Waals surface area contributed by atoms with Crippen LogP contribution >= 0.6 is 12.6 Å². The summed E-state index contributed by atoms with van der Waals surface area (Å²) in [6.45, 7) is 4.47. The number of carbonyl (C=O) groups is 1. The zero-order valence-electron chi connectivity index (χ0n) is 10.6. The van der Waals surface area contributed by atoms with Crippen molar-refractivity contribution in [2.75, 3.05) is 17.7 Å². The highest BCUT2D eigenvalue weighted by Crippen LogP contribution is 2.43. The average molecular weight is 249 g/mol. The highest BCUT2D eigenvalue weighted by molar-refractivity contribution is 7.80. The van der Waals surface area contributed by atoms with Gasteiger partial charge in [-0.25, -0.2) is 0 Å². The van der Waals surface area contributed by atoms with E-state index < -0.39 is 0 Å². The third-order valence-electron chi connectivity index (χ3n) is 3.87. The molecule has 0 saturated heterocycles. The summed E-state index contributed by atoms with van der Waals surface area (Å²) in [5, 5.41) is 0. The molecule has 1 aliphatic heterocycles. The normalized spacial score (nSPS) is 22.1. The van der Waals surface area contributed by atoms with Crippen molar-refractivity contribution in [1.82, 2.24) is 0 Å². The minimum atomic E-state index is 0.113. The third-order valence-corrected chi connectivity index (χ3v) is 4.31. The molecule has 1 aromatic carbocycles. The van der Waals surface area contributed by atoms with Crippen LogP contribution in [0.5, 0.6) is 0 Å². The predicted octanol–water partition coefficient (Wildman–Crippen LogP) is 3.13. The number of nitrogens with zero attached hydrogens (tertiary/aromatic N) is 1. The zero-order chi connectivity index (χ0) is 12.6. The van der Waals surface area contributed by atoms with E-state index in [0.29, 0.717) is 5.92 Å². The van der Waals surface area contributed by atoms with Gasteiger partial charge in [0.1, 0.15) is 6.29 Å². The molecule has 1 unspecified atom stereocenters. The summed E-state index contributed by atoms with van der Waals surface area (Å²) in [6, 6.07) is 5.96. The van der Waals surface area contributed by atoms with E-state index >= 15 is 0 Å². The topological polar surface area (TPSA) is 20.3 Å². The van der Waals surface area contributed by atoms with Gasteiger partial charge in [-0.15, -0.1) is 0 Å². The van der Waals surface area contributed by atoms with Gasteiger partial charge in [0.25, 0.3) is 0 Å². The molecule has 0 aliphatic carbocycles. The fourth-order valence-electron chi connectivity index (χ4n) is 2.61. The van der Waals surface area contributed by atoms with E-state index in [1.807, 2.05) is 12.1 Å². The number of thiol groups is 1. The second kappa shape index (κ2) is 4.37. The quantitative estimate of drug-likeness (QED) is 0.642. The Bertz CT molecular complexity index is 442. The molecule has 0 radical (unpaired) electrons. The highest BCUT2D eigenvalue weighted by atomic mass is 32.1. The van der Waals surface area contributed by atoms with Crippen LogP contribution in [-0.4, -0.2) is 24.6 Å². The molecule has 17 heavy (non-hydrogen) atoms. The van der Waals surface area contributed by atoms with Gasteiger partial charge in [0, 0.05) is 23.8 Å². The smallest absolute Gasteiger partial charge is 0.150 e. The van der Waals surface area contributed by atoms with Crippen molar-refractivity contribution in [3.63, 3.8) is 0 Å². The summed E-state index contributed by atoms with van der Waals surface area (Å²) in [7, 11) is 2.10. The number of aldehydes is 1. The Labute approximate surface area is 108 Å². The lowest BCUT2D eigenvalue weighted by Crippen LogP contribution is -2.46. The maximum absolute atomic E-state index is 10.9. The molecule has 1 aromatic rings. The molecule has 0 fully saturated rings. The first kappa shape index (κ1) is 12.5. The molecule has 1 aliphatic rings. The Morgan fingerprint density at radius 2 is 2.24 bits per heavy atom. The molecule has 0 bridgehead atoms. The Morgan fingerprint density at radius 3 is 2.82 bits per heavy atom. The number of rotatable bonds is 2. The van der Waals surface area contributed by atoms with Gasteiger partial charge in [-0.3, -0.25) is 4.79 Å². The van der Waals surface area contributed by atoms with E-state index in [0.717, 1.165) is 24.0 Å². The molecule has 2 rings (SSSR count). The molecule has 1 atom stereocenters. The maximum Gasteiger partial charge on any atom is 0.150 e. The first-order valence-corrected chi connectivity index (χ1v) is 6.56. The summed E-state index contributed by atoms with van der Waals surface area (Å²) < 4.78 is 0. The second-order valence-corrected chi connectivity index (χ2v) is 5.76. The summed E-state index contributed by atoms with van der Waals surface area (Å²) in [4.78, 5) is 13.2. The van der Waals surface area contributed by atoms with Crippen LogP contribution in [0.4, 0.5) is 5.69 Å². The largest absolute Gasteiger partial charge is 0.369 e. The standard InChI is InChI=1S/C14H19NOS/c1-14(2)7-11(9-17)12-5-4-10(8-16)6-13(12)15(14)3/h4-6,8,11,17H,7,9H2,1-3H3. The number of hydrogen-bond acceptors (Lipinski definition) is 3. The number of carbonyl (C=O) groups excluding carboxylic acids is 1. The van der Waals surface area contributed by atoms with Crippen molar-refractivity contribution in [2.45, 2.75) is 31.7 Å². The van der Waals surface area contributed by atoms with E-state index in [1.165, 1.54) is 11.3 Å². The lowest BCUT2D eigenvalue weighted by Gasteiger charge is -2.46. The van der Waals surface area contributed by atoms with Gasteiger partial charge in [-0.05, 0) is 43.6 Å². The first-order valence-electron chi connectivity index (χ1n) is 5.93. The third kappa shape index (κ3) is 2.08. The van der Waals surface area contributed by atoms with Crippen LogP contribution in [0.1, 0.15) is 42.1 Å². The molecule has 1 heterocycles. The molecule has 92 valence electrons. The minimum Gasteiger partial charge on any atom is -0.369 e. The molecular formula is C14H19NOS. The van der Waals surface area contributed by atoms with E-state index in [-0.39, 0.29) is 5.54 Å². The van der Waals surface area contributed by atoms with Crippen molar-refractivity contribution in [1.29, 1.82) is 0 Å². The fraction of sp³-hybridized carbons (Fsp3) is 0.500. The Hall–Kier alpha value is -0.960. The van der Waals surface area contributed by atoms with E-state index in [4.69, 9.17) is 0 Å². The average Bonchev–Trinajstić information content (AvgIpc) is 2.33. The van der Waals surface area contributed by atoms with Gasteiger partial charge in [-0.1, -0.05) is 12.1 Å². The van der Waals surface area contributed by atoms with Crippen molar-refractivity contribution in [3.05, 3.63) is 29.3 Å². The zero-order valence-corrected chi connectivity index (χ0v) is 11.5. The number of hydrogen-bond donors (Lipinski definition) is 1. The van der Waals surface area contributed by atoms with Crippen LogP contribution in [0.2, 0.25) is 0 Å². The molecular weight excluding hydrogens is 230 g/mol. The SMILES string of the molecule is CN1c2cc(C=O)ccc2C(CS)CC1(C)C. The minimum absolute atomic E-state index is 0.113. The van der Waals surface area contributed by atoms with Crippen molar-refractivity contribution in [2.24, 2.45) is 0 Å². The lowest BCUT2D eigenvalue weighted by molar-refractivity contribution is 0.112. The molecule has 2 nitrogen and oxygen atoms in total. The van der Waals surface area contributed by atoms with Crippen molar-refractivity contribution < 1.29 is 4.79 Å². The van der Waals surface area contributed by atoms with Crippen LogP contribution in [-0.2, 0) is 0 Å². The molecule has 0 aromatic heterocycles. The van der Waals surface area contributed by atoms with E-state index in [1.54, 1.807) is 0 Å². The van der Waals surface area contributed by atoms with Gasteiger partial charge in [0.2, 0.25) is 0 Å². The number of anilines is 1. The van der Waals surface area contributed by atoms with Crippen LogP contribution in [0.15, 0.2) is 18.2 Å². The summed E-state index contributed by atoms with van der Waals surface area (Å²) in [5.74, 6) is 1.32. The predicted molar refractivity (Wildman–Crippen MR) is 75.5 cm³/mol. The highest BCUT2D eigenvalue weighted by Gasteiger charge is 2.35. The van der Waals surface area contributed by atoms with Gasteiger partial charge < -0.3 is 4.90 Å². The molecule has 0 amide bonds. The van der Waals surface area contributed by atoms with Crippen LogP contribution in [0.25, 0.3) is 0 Å². The molecule has 0 spiro atoms. The lowest BCUT2D eigenvalue weighted by atomic mass is 9.80. The summed E-state index contributed by atoms with van der Waals surface area (Å²) >= 11 is 4.46. The molecule has 0 N–H and O–H groups in total. The number of fused-ring (bicyclic) bond motifs is 1. The Kier molecular flexibility index (Phi) is 3.21. The van der Waals surface area contributed by atoms with Gasteiger partial charge in [0.15, 0.2) is 0 Å². The van der Waals surface area contributed by atoms with Gasteiger partial charge >= 0.3 is 0 Å². The van der Waals surface area contributed by atoms with Crippen molar-refractivity contribution >= 4 is 24.6 Å². The van der Waals surface area contributed by atoms with E-state index in [9.17, 15) is 4.79 Å². The fourth-order valence-corrected chi connectivity index (χ4v) is 2.93. The first-order chi connectivity index (χ1) is 7.99. The van der Waals surface area contributed by atoms with Gasteiger partial charge in [0.05, 0.1) is 0 Å². The summed E-state index contributed by atoms with van der Waals surface area (Å²) in [5.41, 5.74) is 3.34. The number of benzene rings is 1. The van der Waals surface area contributed by atoms with Gasteiger partial charge in [-0.2, -0.15) is 12.6 Å². The maximum atomic E-state index is 10.9. The monoisotopic (exact) mass is 249 g/mol. The molecule has 0 saturated carbocycles. The molecule has 3 heteroatoms. The van der Waals surface area contributed by atoms with Crippen LogP contribution < -0.4 is 4.90 Å². The Morgan fingerprint density at radius 1 is 1.53 bits per heavy atom.